The van der Waals surface area contributed by atoms with Crippen molar-refractivity contribution in [1.29, 1.82) is 0 Å². The van der Waals surface area contributed by atoms with E-state index in [0.29, 0.717) is 6.73 Å². The quantitative estimate of drug-likeness (QED) is 0.428. The normalized spacial score (nSPS) is 31.8. The third kappa shape index (κ3) is 0.542. The van der Waals surface area contributed by atoms with E-state index in [4.69, 9.17) is 4.74 Å². The Morgan fingerprint density at radius 1 is 1.83 bits per heavy atom. The lowest BCUT2D eigenvalue weighted by molar-refractivity contribution is 0.115. The maximum absolute atomic E-state index is 4.82. The van der Waals surface area contributed by atoms with Crippen LogP contribution in [0.5, 0.6) is 0 Å². The van der Waals surface area contributed by atoms with Gasteiger partial charge in [0.05, 0.1) is 0 Å². The highest BCUT2D eigenvalue weighted by Crippen LogP contribution is 1.99. The Morgan fingerprint density at radius 3 is 2.83 bits per heavy atom. The molecule has 3 nitrogen and oxygen atoms in total. The molecule has 1 atom stereocenters. The van der Waals surface area contributed by atoms with Crippen LogP contribution in [0.15, 0.2) is 10.2 Å². The smallest absolute Gasteiger partial charge is 0.168 e. The number of nitrogens with zero attached hydrogens (tertiary/aromatic N) is 2. The molecule has 0 bridgehead atoms. The molecule has 3 heteroatoms. The van der Waals surface area contributed by atoms with Crippen LogP contribution in [0, 0.1) is 0 Å². The largest absolute Gasteiger partial charge is 0.331 e. The summed E-state index contributed by atoms with van der Waals surface area (Å²) in [5.74, 6) is 0. The lowest BCUT2D eigenvalue weighted by Crippen LogP contribution is -1.94. The summed E-state index contributed by atoms with van der Waals surface area (Å²) in [6, 6.07) is 0. The van der Waals surface area contributed by atoms with Crippen molar-refractivity contribution in [3.63, 3.8) is 0 Å². The van der Waals surface area contributed by atoms with Gasteiger partial charge in [-0.2, -0.15) is 10.2 Å². The molecule has 0 amide bonds. The number of hydrogen-bond donors (Lipinski definition) is 0. The van der Waals surface area contributed by atoms with Crippen LogP contribution in [0.4, 0.5) is 0 Å². The second kappa shape index (κ2) is 1.34. The molecule has 0 saturated heterocycles. The van der Waals surface area contributed by atoms with Crippen LogP contribution in [-0.2, 0) is 4.74 Å². The summed E-state index contributed by atoms with van der Waals surface area (Å²) in [6.07, 6.45) is 0.00463. The van der Waals surface area contributed by atoms with Crippen molar-refractivity contribution < 1.29 is 4.74 Å². The molecule has 0 spiro atoms. The lowest BCUT2D eigenvalue weighted by Gasteiger charge is -1.89. The summed E-state index contributed by atoms with van der Waals surface area (Å²) in [5, 5.41) is 7.21. The van der Waals surface area contributed by atoms with Gasteiger partial charge >= 0.3 is 0 Å². The van der Waals surface area contributed by atoms with E-state index in [1.54, 1.807) is 0 Å². The summed E-state index contributed by atoms with van der Waals surface area (Å²) in [7, 11) is 0. The van der Waals surface area contributed by atoms with Crippen LogP contribution >= 0.6 is 0 Å². The molecule has 0 N–H and O–H groups in total. The van der Waals surface area contributed by atoms with Gasteiger partial charge in [0.2, 0.25) is 0 Å². The summed E-state index contributed by atoms with van der Waals surface area (Å²) >= 11 is 0. The van der Waals surface area contributed by atoms with Crippen molar-refractivity contribution in [3.8, 4) is 0 Å². The van der Waals surface area contributed by atoms with Crippen molar-refractivity contribution in [3.05, 3.63) is 0 Å². The van der Waals surface area contributed by atoms with Crippen LogP contribution < -0.4 is 0 Å². The van der Waals surface area contributed by atoms with E-state index in [2.05, 4.69) is 10.2 Å². The van der Waals surface area contributed by atoms with Crippen LogP contribution in [0.2, 0.25) is 0 Å². The molecule has 0 fully saturated rings. The van der Waals surface area contributed by atoms with Gasteiger partial charge in [-0.15, -0.1) is 0 Å². The summed E-state index contributed by atoms with van der Waals surface area (Å²) in [5.41, 5.74) is 0. The standard InChI is InChI=1S/C3H6N2O/c1-3-5-4-2-6-3/h3H,2H2,1H3. The fourth-order valence-corrected chi connectivity index (χ4v) is 0.323. The molecule has 0 aromatic heterocycles. The van der Waals surface area contributed by atoms with Crippen LogP contribution in [-0.4, -0.2) is 13.0 Å². The van der Waals surface area contributed by atoms with E-state index in [1.807, 2.05) is 6.92 Å². The minimum absolute atomic E-state index is 0.00463. The highest BCUT2D eigenvalue weighted by atomic mass is 16.5. The van der Waals surface area contributed by atoms with Gasteiger partial charge < -0.3 is 4.74 Å². The van der Waals surface area contributed by atoms with Crippen LogP contribution in [0.1, 0.15) is 6.92 Å². The molecule has 0 aliphatic carbocycles. The first-order valence-electron chi connectivity index (χ1n) is 1.88. The molecule has 1 aliphatic rings. The average molecular weight is 86.1 g/mol. The second-order valence-corrected chi connectivity index (χ2v) is 1.15. The number of hydrogen-bond acceptors (Lipinski definition) is 3. The SMILES string of the molecule is CC1N=NCO1. The Kier molecular flexibility index (Phi) is 0.837. The maximum Gasteiger partial charge on any atom is 0.168 e. The molecule has 1 rings (SSSR count). The van der Waals surface area contributed by atoms with Crippen molar-refractivity contribution in [1.82, 2.24) is 0 Å². The zero-order chi connectivity index (χ0) is 4.41. The highest BCUT2D eigenvalue weighted by Gasteiger charge is 2.01. The molecular weight excluding hydrogens is 80.0 g/mol. The number of azo groups is 1. The molecule has 1 heterocycles. The predicted molar refractivity (Wildman–Crippen MR) is 20.3 cm³/mol. The first kappa shape index (κ1) is 3.74. The van der Waals surface area contributed by atoms with Gasteiger partial charge in [-0.3, -0.25) is 0 Å². The first-order valence-corrected chi connectivity index (χ1v) is 1.88. The molecule has 0 radical (unpaired) electrons. The molecule has 34 valence electrons. The van der Waals surface area contributed by atoms with E-state index in [-0.39, 0.29) is 6.23 Å². The molecule has 0 aromatic carbocycles. The monoisotopic (exact) mass is 86.0 g/mol. The minimum atomic E-state index is 0.00463. The summed E-state index contributed by atoms with van der Waals surface area (Å²) in [4.78, 5) is 0. The Hall–Kier alpha value is -0.440. The highest BCUT2D eigenvalue weighted by molar-refractivity contribution is 4.43. The maximum atomic E-state index is 4.82. The fraction of sp³-hybridized carbons (Fsp3) is 1.00. The third-order valence-corrected chi connectivity index (χ3v) is 0.618. The molecular formula is C3H6N2O. The van der Waals surface area contributed by atoms with E-state index in [1.165, 1.54) is 0 Å². The van der Waals surface area contributed by atoms with Gasteiger partial charge in [-0.05, 0) is 6.92 Å². The number of ether oxygens (including phenoxy) is 1. The fourth-order valence-electron chi connectivity index (χ4n) is 0.323. The topological polar surface area (TPSA) is 34.0 Å². The van der Waals surface area contributed by atoms with Gasteiger partial charge in [0.15, 0.2) is 13.0 Å². The Balaban J connectivity index is 2.38. The molecule has 1 aliphatic heterocycles. The second-order valence-electron chi connectivity index (χ2n) is 1.15. The average Bonchev–Trinajstić information content (AvgIpc) is 1.86. The zero-order valence-corrected chi connectivity index (χ0v) is 3.59. The molecule has 0 saturated carbocycles. The van der Waals surface area contributed by atoms with Gasteiger partial charge in [-0.1, -0.05) is 0 Å². The molecule has 0 aromatic rings. The van der Waals surface area contributed by atoms with Crippen molar-refractivity contribution in [2.75, 3.05) is 6.73 Å². The number of rotatable bonds is 0. The summed E-state index contributed by atoms with van der Waals surface area (Å²) < 4.78 is 4.82. The van der Waals surface area contributed by atoms with Gasteiger partial charge in [0, 0.05) is 0 Å². The van der Waals surface area contributed by atoms with Crippen LogP contribution in [0.25, 0.3) is 0 Å². The first-order chi connectivity index (χ1) is 2.89. The minimum Gasteiger partial charge on any atom is -0.331 e. The van der Waals surface area contributed by atoms with E-state index in [9.17, 15) is 0 Å². The Labute approximate surface area is 36.0 Å². The van der Waals surface area contributed by atoms with Crippen molar-refractivity contribution >= 4 is 0 Å². The summed E-state index contributed by atoms with van der Waals surface area (Å²) in [6.45, 7) is 2.30. The van der Waals surface area contributed by atoms with E-state index >= 15 is 0 Å². The predicted octanol–water partition coefficient (Wildman–Crippen LogP) is 0.772. The van der Waals surface area contributed by atoms with Crippen molar-refractivity contribution in [2.24, 2.45) is 10.2 Å². The Morgan fingerprint density at radius 2 is 2.67 bits per heavy atom. The zero-order valence-electron chi connectivity index (χ0n) is 3.59. The Bertz CT molecular complexity index is 71.2. The van der Waals surface area contributed by atoms with E-state index in [0.717, 1.165) is 0 Å². The molecule has 6 heavy (non-hydrogen) atoms. The van der Waals surface area contributed by atoms with Gasteiger partial charge in [0.25, 0.3) is 0 Å². The third-order valence-electron chi connectivity index (χ3n) is 0.618. The molecule has 1 unspecified atom stereocenters. The van der Waals surface area contributed by atoms with Crippen LogP contribution in [0.3, 0.4) is 0 Å². The lowest BCUT2D eigenvalue weighted by atomic mass is 10.7. The van der Waals surface area contributed by atoms with Crippen molar-refractivity contribution in [2.45, 2.75) is 13.2 Å². The van der Waals surface area contributed by atoms with E-state index < -0.39 is 0 Å². The van der Waals surface area contributed by atoms with Gasteiger partial charge in [-0.25, -0.2) is 0 Å². The van der Waals surface area contributed by atoms with Gasteiger partial charge in [0.1, 0.15) is 0 Å².